The Labute approximate surface area is 193 Å². The van der Waals surface area contributed by atoms with E-state index in [9.17, 15) is 0 Å². The van der Waals surface area contributed by atoms with Gasteiger partial charge < -0.3 is 0 Å². The molecule has 158 valence electrons. The third kappa shape index (κ3) is 6.54. The van der Waals surface area contributed by atoms with Crippen LogP contribution in [0.2, 0.25) is 0 Å². The molecule has 3 aromatic carbocycles. The molecule has 0 atom stereocenters. The van der Waals surface area contributed by atoms with Crippen molar-refractivity contribution in [3.05, 3.63) is 109 Å². The van der Waals surface area contributed by atoms with Gasteiger partial charge in [-0.1, -0.05) is 0 Å². The molecule has 0 fully saturated rings. The van der Waals surface area contributed by atoms with Crippen LogP contribution in [-0.2, 0) is 0 Å². The first-order chi connectivity index (χ1) is 14.8. The molecule has 0 radical (unpaired) electrons. The second-order valence-corrected chi connectivity index (χ2v) is 10.3. The summed E-state index contributed by atoms with van der Waals surface area (Å²) in [6.07, 6.45) is 0. The van der Waals surface area contributed by atoms with Crippen LogP contribution in [0.15, 0.2) is 92.5 Å². The molecule has 3 rings (SSSR count). The summed E-state index contributed by atoms with van der Waals surface area (Å²) in [7, 11) is 0. The third-order valence-corrected chi connectivity index (χ3v) is 7.66. The molecule has 0 aliphatic rings. The van der Waals surface area contributed by atoms with Gasteiger partial charge in [-0.05, 0) is 0 Å². The molecule has 3 nitrogen and oxygen atoms in total. The van der Waals surface area contributed by atoms with Gasteiger partial charge >= 0.3 is 194 Å². The van der Waals surface area contributed by atoms with Crippen LogP contribution in [0.5, 0.6) is 17.2 Å². The number of rotatable bonds is 9. The Kier molecular flexibility index (Phi) is 7.65. The fourth-order valence-electron chi connectivity index (χ4n) is 2.72. The molecule has 0 bridgehead atoms. The van der Waals surface area contributed by atoms with Gasteiger partial charge in [0, 0.05) is 0 Å². The van der Waals surface area contributed by atoms with Gasteiger partial charge in [-0.15, -0.1) is 0 Å². The molecule has 0 spiro atoms. The average Bonchev–Trinajstić information content (AvgIpc) is 2.75. The monoisotopic (exact) mass is 520 g/mol. The van der Waals surface area contributed by atoms with E-state index < -0.39 is 21.5 Å². The van der Waals surface area contributed by atoms with Gasteiger partial charge in [-0.25, -0.2) is 0 Å². The molecule has 0 aliphatic carbocycles. The zero-order valence-corrected chi connectivity index (χ0v) is 20.8. The standard InChI is InChI=1S/3C9H10O.Sb/c3*1-7(2)8-3-5-9(10)6-4-8;/h3*3-6,10H,1H2,2H3;/q;;;+3/p-3. The van der Waals surface area contributed by atoms with Crippen molar-refractivity contribution in [2.45, 2.75) is 20.8 Å². The maximum absolute atomic E-state index is 6.19. The third-order valence-electron chi connectivity index (χ3n) is 4.58. The van der Waals surface area contributed by atoms with Crippen LogP contribution in [-0.4, -0.2) is 21.5 Å². The number of hydrogen-bond acceptors (Lipinski definition) is 3. The van der Waals surface area contributed by atoms with E-state index in [2.05, 4.69) is 19.7 Å². The van der Waals surface area contributed by atoms with Crippen LogP contribution in [0, 0.1) is 0 Å². The fourth-order valence-corrected chi connectivity index (χ4v) is 5.55. The minimum absolute atomic E-state index is 0.713. The van der Waals surface area contributed by atoms with Gasteiger partial charge in [0.05, 0.1) is 0 Å². The van der Waals surface area contributed by atoms with Crippen molar-refractivity contribution in [3.63, 3.8) is 0 Å². The second-order valence-electron chi connectivity index (χ2n) is 7.41. The molecular weight excluding hydrogens is 494 g/mol. The van der Waals surface area contributed by atoms with Gasteiger partial charge in [0.2, 0.25) is 0 Å². The van der Waals surface area contributed by atoms with E-state index in [4.69, 9.17) is 9.05 Å². The average molecular weight is 521 g/mol. The number of allylic oxidation sites excluding steroid dienone is 3. The molecule has 0 saturated heterocycles. The minimum atomic E-state index is -3.12. The van der Waals surface area contributed by atoms with Crippen molar-refractivity contribution < 1.29 is 9.05 Å². The van der Waals surface area contributed by atoms with Gasteiger partial charge in [-0.2, -0.15) is 0 Å². The first-order valence-electron chi connectivity index (χ1n) is 9.93. The normalized spacial score (nSPS) is 10.5. The number of benzene rings is 3. The van der Waals surface area contributed by atoms with Crippen molar-refractivity contribution in [3.8, 4) is 17.2 Å². The van der Waals surface area contributed by atoms with Gasteiger partial charge in [0.25, 0.3) is 0 Å². The van der Waals surface area contributed by atoms with E-state index in [1.807, 2.05) is 93.6 Å². The SMILES string of the molecule is C=C(C)c1ccc([O][Sb]([O]c2ccc(C(=C)C)cc2)[O]c2ccc(C(=C)C)cc2)cc1. The Morgan fingerprint density at radius 1 is 0.484 bits per heavy atom. The van der Waals surface area contributed by atoms with Crippen molar-refractivity contribution in [1.29, 1.82) is 0 Å². The maximum atomic E-state index is 6.19. The van der Waals surface area contributed by atoms with Crippen LogP contribution >= 0.6 is 0 Å². The molecule has 0 aromatic heterocycles. The molecule has 0 heterocycles. The Morgan fingerprint density at radius 2 is 0.710 bits per heavy atom. The van der Waals surface area contributed by atoms with Gasteiger partial charge in [-0.3, -0.25) is 0 Å². The quantitative estimate of drug-likeness (QED) is 0.277. The molecular formula is C27H27O3Sb. The summed E-state index contributed by atoms with van der Waals surface area (Å²) in [5, 5.41) is 0. The van der Waals surface area contributed by atoms with Crippen molar-refractivity contribution in [2.75, 3.05) is 0 Å². The van der Waals surface area contributed by atoms with Gasteiger partial charge in [0.15, 0.2) is 0 Å². The first-order valence-corrected chi connectivity index (χ1v) is 13.1. The predicted molar refractivity (Wildman–Crippen MR) is 131 cm³/mol. The summed E-state index contributed by atoms with van der Waals surface area (Å²) in [5.74, 6) is 2.14. The Hall–Kier alpha value is -2.90. The number of hydrogen-bond donors (Lipinski definition) is 0. The van der Waals surface area contributed by atoms with Crippen LogP contribution in [0.25, 0.3) is 16.7 Å². The molecule has 4 heteroatoms. The summed E-state index contributed by atoms with van der Waals surface area (Å²) >= 11 is -3.12. The Morgan fingerprint density at radius 3 is 0.903 bits per heavy atom. The van der Waals surface area contributed by atoms with E-state index in [0.717, 1.165) is 33.4 Å². The molecule has 3 aromatic rings. The van der Waals surface area contributed by atoms with Crippen LogP contribution in [0.3, 0.4) is 0 Å². The van der Waals surface area contributed by atoms with Crippen LogP contribution < -0.4 is 9.05 Å². The van der Waals surface area contributed by atoms with E-state index in [1.54, 1.807) is 0 Å². The van der Waals surface area contributed by atoms with E-state index in [0.29, 0.717) is 17.2 Å². The Bertz CT molecular complexity index is 924. The summed E-state index contributed by atoms with van der Waals surface area (Å²) in [6.45, 7) is 17.9. The predicted octanol–water partition coefficient (Wildman–Crippen LogP) is 7.31. The molecule has 0 amide bonds. The molecule has 0 N–H and O–H groups in total. The fraction of sp³-hybridized carbons (Fsp3) is 0.111. The van der Waals surface area contributed by atoms with Crippen molar-refractivity contribution in [1.82, 2.24) is 0 Å². The van der Waals surface area contributed by atoms with Gasteiger partial charge in [0.1, 0.15) is 0 Å². The summed E-state index contributed by atoms with van der Waals surface area (Å²) in [4.78, 5) is 0. The van der Waals surface area contributed by atoms with Crippen molar-refractivity contribution in [2.24, 2.45) is 0 Å². The van der Waals surface area contributed by atoms with E-state index in [-0.39, 0.29) is 0 Å². The molecule has 0 saturated carbocycles. The second kappa shape index (κ2) is 10.4. The molecule has 0 unspecified atom stereocenters. The molecule has 0 aliphatic heterocycles. The Balaban J connectivity index is 1.80. The van der Waals surface area contributed by atoms with E-state index >= 15 is 0 Å². The summed E-state index contributed by atoms with van der Waals surface area (Å²) < 4.78 is 18.6. The van der Waals surface area contributed by atoms with Crippen LogP contribution in [0.1, 0.15) is 37.5 Å². The van der Waals surface area contributed by atoms with Crippen molar-refractivity contribution >= 4 is 38.2 Å². The topological polar surface area (TPSA) is 27.7 Å². The zero-order chi connectivity index (χ0) is 22.4. The van der Waals surface area contributed by atoms with Crippen LogP contribution in [0.4, 0.5) is 0 Å². The summed E-state index contributed by atoms with van der Waals surface area (Å²) in [5.41, 5.74) is 6.24. The summed E-state index contributed by atoms with van der Waals surface area (Å²) in [6, 6.07) is 23.4. The molecule has 31 heavy (non-hydrogen) atoms. The zero-order valence-electron chi connectivity index (χ0n) is 18.2. The van der Waals surface area contributed by atoms with E-state index in [1.165, 1.54) is 0 Å². The first kappa shape index (κ1) is 22.8.